The van der Waals surface area contributed by atoms with Gasteiger partial charge in [0.15, 0.2) is 0 Å². The van der Waals surface area contributed by atoms with Gasteiger partial charge in [-0.1, -0.05) is 85.5 Å². The molecule has 0 heterocycles. The van der Waals surface area contributed by atoms with Crippen LogP contribution < -0.4 is 9.62 Å². The highest BCUT2D eigenvalue weighted by atomic mass is 35.5. The molecule has 1 N–H and O–H groups in total. The number of nitrogens with zero attached hydrogens (tertiary/aromatic N) is 2. The number of hydrogen-bond donors (Lipinski definition) is 1. The van der Waals surface area contributed by atoms with E-state index in [1.54, 1.807) is 43.3 Å². The van der Waals surface area contributed by atoms with Crippen LogP contribution in [0.5, 0.6) is 0 Å². The van der Waals surface area contributed by atoms with Gasteiger partial charge in [0.25, 0.3) is 10.0 Å². The first-order chi connectivity index (χ1) is 18.8. The minimum Gasteiger partial charge on any atom is -0.352 e. The van der Waals surface area contributed by atoms with Gasteiger partial charge in [-0.05, 0) is 55.7 Å². The number of hydrogen-bond acceptors (Lipinski definition) is 4. The molecule has 1 atom stereocenters. The van der Waals surface area contributed by atoms with Gasteiger partial charge in [-0.25, -0.2) is 8.42 Å². The number of benzene rings is 3. The van der Waals surface area contributed by atoms with Crippen molar-refractivity contribution in [2.24, 2.45) is 0 Å². The maximum Gasteiger partial charge on any atom is 0.264 e. The fraction of sp³-hybridized carbons (Fsp3) is 0.333. The van der Waals surface area contributed by atoms with Gasteiger partial charge in [0.2, 0.25) is 11.8 Å². The second-order valence-corrected chi connectivity index (χ2v) is 12.1. The third kappa shape index (κ3) is 7.40. The number of carbonyl (C=O) groups excluding carboxylic acids is 2. The Bertz CT molecular complexity index is 1360. The summed E-state index contributed by atoms with van der Waals surface area (Å²) < 4.78 is 28.6. The molecule has 39 heavy (non-hydrogen) atoms. The molecule has 0 radical (unpaired) electrons. The largest absolute Gasteiger partial charge is 0.352 e. The lowest BCUT2D eigenvalue weighted by molar-refractivity contribution is -0.139. The summed E-state index contributed by atoms with van der Waals surface area (Å²) in [6.07, 6.45) is 5.14. The summed E-state index contributed by atoms with van der Waals surface area (Å²) in [5.41, 5.74) is 1.10. The standard InChI is InChI=1S/C30H34ClN3O4S/c1-23(30(36)32-26-15-7-3-8-16-26)33(21-24-12-5-2-6-13-24)29(35)22-34(27-17-11-14-25(31)20-27)39(37,38)28-18-9-4-10-19-28/h2,4-6,9-14,17-20,23,26H,3,7-8,15-16,21-22H2,1H3,(H,32,36)/t23-/m0/s1. The zero-order chi connectivity index (χ0) is 27.8. The Kier molecular flexibility index (Phi) is 9.64. The molecular weight excluding hydrogens is 534 g/mol. The number of anilines is 1. The van der Waals surface area contributed by atoms with Crippen LogP contribution in [0.4, 0.5) is 5.69 Å². The molecule has 0 spiro atoms. The van der Waals surface area contributed by atoms with E-state index in [9.17, 15) is 18.0 Å². The van der Waals surface area contributed by atoms with Gasteiger partial charge in [-0.3, -0.25) is 13.9 Å². The van der Waals surface area contributed by atoms with Crippen LogP contribution in [0.15, 0.2) is 89.8 Å². The van der Waals surface area contributed by atoms with E-state index in [0.29, 0.717) is 5.02 Å². The zero-order valence-corrected chi connectivity index (χ0v) is 23.6. The molecule has 1 fully saturated rings. The molecule has 1 aliphatic carbocycles. The maximum absolute atomic E-state index is 13.9. The fourth-order valence-corrected chi connectivity index (χ4v) is 6.42. The Labute approximate surface area is 235 Å². The van der Waals surface area contributed by atoms with Gasteiger partial charge in [0.1, 0.15) is 12.6 Å². The lowest BCUT2D eigenvalue weighted by Gasteiger charge is -2.33. The highest BCUT2D eigenvalue weighted by molar-refractivity contribution is 7.92. The number of nitrogens with one attached hydrogen (secondary N) is 1. The number of rotatable bonds is 10. The van der Waals surface area contributed by atoms with Crippen LogP contribution in [-0.4, -0.2) is 43.8 Å². The van der Waals surface area contributed by atoms with Gasteiger partial charge in [-0.15, -0.1) is 0 Å². The fourth-order valence-electron chi connectivity index (χ4n) is 4.81. The summed E-state index contributed by atoms with van der Waals surface area (Å²) >= 11 is 6.21. The van der Waals surface area contributed by atoms with Crippen LogP contribution in [0.3, 0.4) is 0 Å². The van der Waals surface area contributed by atoms with E-state index < -0.39 is 28.5 Å². The number of sulfonamides is 1. The Morgan fingerprint density at radius 3 is 2.21 bits per heavy atom. The van der Waals surface area contributed by atoms with E-state index in [0.717, 1.165) is 42.0 Å². The first-order valence-electron chi connectivity index (χ1n) is 13.2. The van der Waals surface area contributed by atoms with Gasteiger partial charge >= 0.3 is 0 Å². The van der Waals surface area contributed by atoms with E-state index >= 15 is 0 Å². The highest BCUT2D eigenvalue weighted by Crippen LogP contribution is 2.27. The summed E-state index contributed by atoms with van der Waals surface area (Å²) in [7, 11) is -4.11. The molecule has 0 unspecified atom stereocenters. The molecule has 1 aliphatic rings. The minimum absolute atomic E-state index is 0.0514. The van der Waals surface area contributed by atoms with Crippen LogP contribution in [-0.2, 0) is 26.2 Å². The third-order valence-electron chi connectivity index (χ3n) is 7.02. The molecule has 7 nitrogen and oxygen atoms in total. The number of halogens is 1. The third-order valence-corrected chi connectivity index (χ3v) is 9.04. The van der Waals surface area contributed by atoms with Crippen molar-refractivity contribution in [3.05, 3.63) is 95.5 Å². The maximum atomic E-state index is 13.9. The van der Waals surface area contributed by atoms with Crippen molar-refractivity contribution in [3.63, 3.8) is 0 Å². The first kappa shape index (κ1) is 28.6. The lowest BCUT2D eigenvalue weighted by atomic mass is 9.95. The molecule has 2 amide bonds. The SMILES string of the molecule is C[C@@H](C(=O)NC1CCCCC1)N(Cc1ccccc1)C(=O)CN(c1cccc(Cl)c1)S(=O)(=O)c1ccccc1. The molecule has 3 aromatic rings. The van der Waals surface area contributed by atoms with Gasteiger partial charge in [0, 0.05) is 17.6 Å². The predicted octanol–water partition coefficient (Wildman–Crippen LogP) is 5.40. The molecule has 0 saturated heterocycles. The normalized spacial score (nSPS) is 14.8. The quantitative estimate of drug-likeness (QED) is 0.355. The molecule has 206 valence electrons. The van der Waals surface area contributed by atoms with Crippen LogP contribution in [0.25, 0.3) is 0 Å². The van der Waals surface area contributed by atoms with Crippen LogP contribution in [0.2, 0.25) is 5.02 Å². The number of carbonyl (C=O) groups is 2. The van der Waals surface area contributed by atoms with E-state index in [4.69, 9.17) is 11.6 Å². The topological polar surface area (TPSA) is 86.8 Å². The Morgan fingerprint density at radius 2 is 1.56 bits per heavy atom. The van der Waals surface area contributed by atoms with Gasteiger partial charge in [0.05, 0.1) is 10.6 Å². The molecule has 0 bridgehead atoms. The van der Waals surface area contributed by atoms with Crippen molar-refractivity contribution in [2.45, 2.75) is 62.6 Å². The van der Waals surface area contributed by atoms with E-state index in [1.165, 1.54) is 23.1 Å². The van der Waals surface area contributed by atoms with Crippen LogP contribution >= 0.6 is 11.6 Å². The monoisotopic (exact) mass is 567 g/mol. The van der Waals surface area contributed by atoms with Crippen molar-refractivity contribution in [3.8, 4) is 0 Å². The van der Waals surface area contributed by atoms with Crippen molar-refractivity contribution in [1.82, 2.24) is 10.2 Å². The molecular formula is C30H34ClN3O4S. The smallest absolute Gasteiger partial charge is 0.264 e. The molecule has 4 rings (SSSR count). The van der Waals surface area contributed by atoms with Crippen molar-refractivity contribution >= 4 is 39.1 Å². The molecule has 0 aromatic heterocycles. The first-order valence-corrected chi connectivity index (χ1v) is 15.0. The van der Waals surface area contributed by atoms with Crippen molar-refractivity contribution in [2.75, 3.05) is 10.8 Å². The minimum atomic E-state index is -4.11. The summed E-state index contributed by atoms with van der Waals surface area (Å²) in [4.78, 5) is 28.8. The Hall–Kier alpha value is -3.36. The predicted molar refractivity (Wildman–Crippen MR) is 154 cm³/mol. The van der Waals surface area contributed by atoms with Crippen LogP contribution in [0, 0.1) is 0 Å². The van der Waals surface area contributed by atoms with E-state index in [2.05, 4.69) is 5.32 Å². The van der Waals surface area contributed by atoms with Crippen molar-refractivity contribution in [1.29, 1.82) is 0 Å². The molecule has 9 heteroatoms. The average Bonchev–Trinajstić information content (AvgIpc) is 2.95. The second-order valence-electron chi connectivity index (χ2n) is 9.83. The summed E-state index contributed by atoms with van der Waals surface area (Å²) in [6, 6.07) is 23.0. The van der Waals surface area contributed by atoms with Crippen molar-refractivity contribution < 1.29 is 18.0 Å². The highest BCUT2D eigenvalue weighted by Gasteiger charge is 2.33. The molecule has 3 aromatic carbocycles. The zero-order valence-electron chi connectivity index (χ0n) is 22.0. The Morgan fingerprint density at radius 1 is 0.923 bits per heavy atom. The van der Waals surface area contributed by atoms with Gasteiger partial charge < -0.3 is 10.2 Å². The van der Waals surface area contributed by atoms with Crippen LogP contribution in [0.1, 0.15) is 44.6 Å². The lowest BCUT2D eigenvalue weighted by Crippen LogP contribution is -2.53. The average molecular weight is 568 g/mol. The van der Waals surface area contributed by atoms with E-state index in [1.807, 2.05) is 30.3 Å². The molecule has 1 saturated carbocycles. The summed E-state index contributed by atoms with van der Waals surface area (Å²) in [6.45, 7) is 1.35. The van der Waals surface area contributed by atoms with E-state index in [-0.39, 0.29) is 29.1 Å². The molecule has 0 aliphatic heterocycles. The number of amides is 2. The Balaban J connectivity index is 1.65. The summed E-state index contributed by atoms with van der Waals surface area (Å²) in [5, 5.41) is 3.45. The summed E-state index contributed by atoms with van der Waals surface area (Å²) in [5.74, 6) is -0.740. The second kappa shape index (κ2) is 13.1. The van der Waals surface area contributed by atoms with Gasteiger partial charge in [-0.2, -0.15) is 0 Å².